The van der Waals surface area contributed by atoms with Crippen molar-refractivity contribution in [2.75, 3.05) is 25.9 Å². The molecule has 2 unspecified atom stereocenters. The maximum Gasteiger partial charge on any atom is 0.480 e. The highest BCUT2D eigenvalue weighted by Crippen LogP contribution is 2.52. The molecule has 3 atom stereocenters. The van der Waals surface area contributed by atoms with Crippen molar-refractivity contribution in [3.63, 3.8) is 0 Å². The molecule has 54 heavy (non-hydrogen) atoms. The van der Waals surface area contributed by atoms with Crippen molar-refractivity contribution in [1.82, 2.24) is 9.55 Å². The van der Waals surface area contributed by atoms with E-state index in [1.165, 1.54) is 38.5 Å². The minimum absolute atomic E-state index is 0.158. The summed E-state index contributed by atoms with van der Waals surface area (Å²) in [6.45, 7) is 8.64. The largest absolute Gasteiger partial charge is 0.480 e. The third kappa shape index (κ3) is 16.0. The quantitative estimate of drug-likeness (QED) is 0.0353. The van der Waals surface area contributed by atoms with Gasteiger partial charge in [-0.25, -0.2) is 18.4 Å². The molecule has 0 spiro atoms. The Balaban J connectivity index is 2.13. The monoisotopic (exact) mass is 795 g/mol. The van der Waals surface area contributed by atoms with Gasteiger partial charge in [0, 0.05) is 12.6 Å². The fourth-order valence-corrected chi connectivity index (χ4v) is 6.08. The molecule has 1 aromatic rings. The molecule has 2 N–H and O–H groups in total. The second kappa shape index (κ2) is 21.9. The van der Waals surface area contributed by atoms with Gasteiger partial charge in [-0.15, -0.1) is 0 Å². The molecule has 1 aliphatic rings. The highest BCUT2D eigenvalue weighted by atomic mass is 31.2. The van der Waals surface area contributed by atoms with Crippen LogP contribution >= 0.6 is 7.82 Å². The first-order valence-corrected chi connectivity index (χ1v) is 20.1. The number of phosphoric ester groups is 1. The molecule has 2 heterocycles. The van der Waals surface area contributed by atoms with Gasteiger partial charge < -0.3 is 24.7 Å². The molecule has 310 valence electrons. The standard InChI is InChI=1S/C36H60F2N3O12P/c1-8-9-10-11-12-13-14-15-16-17-18-19-20-28(42)53-29-26(52-30(36(29,37)38)41-22-21-27(39)40-33(41)45)23-49-54(46,50-24-47-31(43)34(2,3)4)51-25-48-32(44)35(5,6)7/h21-22,26,29-30H,8-20,23-25H2,1-7H3,(H2,39,40,45)/t26?,29-,30?/m1/s1. The zero-order valence-electron chi connectivity index (χ0n) is 32.8. The van der Waals surface area contributed by atoms with E-state index in [4.69, 9.17) is 38.3 Å². The van der Waals surface area contributed by atoms with E-state index in [2.05, 4.69) is 11.9 Å². The van der Waals surface area contributed by atoms with Crippen molar-refractivity contribution in [3.05, 3.63) is 22.7 Å². The van der Waals surface area contributed by atoms with E-state index < -0.39 is 86.8 Å². The first-order valence-electron chi connectivity index (χ1n) is 18.7. The summed E-state index contributed by atoms with van der Waals surface area (Å²) in [5.41, 5.74) is 2.44. The predicted octanol–water partition coefficient (Wildman–Crippen LogP) is 7.61. The highest BCUT2D eigenvalue weighted by molar-refractivity contribution is 7.48. The smallest absolute Gasteiger partial charge is 0.453 e. The Labute approximate surface area is 316 Å². The average Bonchev–Trinajstić information content (AvgIpc) is 3.31. The molecule has 18 heteroatoms. The van der Waals surface area contributed by atoms with Crippen LogP contribution < -0.4 is 11.4 Å². The summed E-state index contributed by atoms with van der Waals surface area (Å²) in [7, 11) is -4.86. The summed E-state index contributed by atoms with van der Waals surface area (Å²) in [6, 6.07) is 1.10. The summed E-state index contributed by atoms with van der Waals surface area (Å²) in [5.74, 6) is -6.67. The maximum atomic E-state index is 16.0. The summed E-state index contributed by atoms with van der Waals surface area (Å²) in [4.78, 5) is 53.4. The Hall–Kier alpha value is -2.98. The Morgan fingerprint density at radius 2 is 1.33 bits per heavy atom. The molecule has 2 rings (SSSR count). The van der Waals surface area contributed by atoms with Crippen molar-refractivity contribution in [2.24, 2.45) is 10.8 Å². The van der Waals surface area contributed by atoms with Gasteiger partial charge in [-0.3, -0.25) is 23.5 Å². The molecule has 1 aromatic heterocycles. The second-order valence-corrected chi connectivity index (χ2v) is 17.1. The van der Waals surface area contributed by atoms with E-state index in [1.54, 1.807) is 41.5 Å². The van der Waals surface area contributed by atoms with Gasteiger partial charge in [-0.05, 0) is 54.0 Å². The number of unbranched alkanes of at least 4 members (excludes halogenated alkanes) is 11. The number of alkyl halides is 2. The van der Waals surface area contributed by atoms with Crippen molar-refractivity contribution in [3.8, 4) is 0 Å². The van der Waals surface area contributed by atoms with Crippen LogP contribution in [0.3, 0.4) is 0 Å². The summed E-state index contributed by atoms with van der Waals surface area (Å²) < 4.78 is 82.4. The number of nitrogen functional groups attached to an aromatic ring is 1. The second-order valence-electron chi connectivity index (χ2n) is 15.4. The van der Waals surface area contributed by atoms with Crippen LogP contribution in [0, 0.1) is 10.8 Å². The molecule has 1 saturated heterocycles. The number of nitrogens with zero attached hydrogens (tertiary/aromatic N) is 2. The van der Waals surface area contributed by atoms with Gasteiger partial charge >= 0.3 is 37.3 Å². The van der Waals surface area contributed by atoms with Crippen LogP contribution in [0.1, 0.15) is 138 Å². The van der Waals surface area contributed by atoms with Gasteiger partial charge in [0.25, 0.3) is 0 Å². The van der Waals surface area contributed by atoms with E-state index in [1.807, 2.05) is 0 Å². The molecule has 0 radical (unpaired) electrons. The first kappa shape index (κ1) is 47.2. The van der Waals surface area contributed by atoms with Gasteiger partial charge in [0.15, 0.2) is 6.10 Å². The molecular weight excluding hydrogens is 735 g/mol. The number of hydrogen-bond acceptors (Lipinski definition) is 14. The van der Waals surface area contributed by atoms with Crippen LogP contribution in [0.4, 0.5) is 14.6 Å². The molecule has 1 fully saturated rings. The lowest BCUT2D eigenvalue weighted by Crippen LogP contribution is -2.44. The zero-order chi connectivity index (χ0) is 40.6. The zero-order valence-corrected chi connectivity index (χ0v) is 33.7. The van der Waals surface area contributed by atoms with Gasteiger partial charge in [-0.2, -0.15) is 13.8 Å². The Kier molecular flexibility index (Phi) is 19.2. The number of rotatable bonds is 24. The lowest BCUT2D eigenvalue weighted by atomic mass is 9.98. The number of carbonyl (C=O) groups excluding carboxylic acids is 3. The van der Waals surface area contributed by atoms with Crippen LogP contribution in [0.2, 0.25) is 0 Å². The van der Waals surface area contributed by atoms with E-state index in [-0.39, 0.29) is 12.2 Å². The molecule has 0 saturated carbocycles. The summed E-state index contributed by atoms with van der Waals surface area (Å²) in [5, 5.41) is 0. The minimum atomic E-state index is -4.86. The normalized spacial score (nSPS) is 18.7. The highest BCUT2D eigenvalue weighted by Gasteiger charge is 2.63. The van der Waals surface area contributed by atoms with Gasteiger partial charge in [-0.1, -0.05) is 77.6 Å². The number of ether oxygens (including phenoxy) is 4. The number of aromatic nitrogens is 2. The summed E-state index contributed by atoms with van der Waals surface area (Å²) in [6.07, 6.45) is 6.93. The van der Waals surface area contributed by atoms with Crippen molar-refractivity contribution >= 4 is 31.5 Å². The fraction of sp³-hybridized carbons (Fsp3) is 0.806. The number of hydrogen-bond donors (Lipinski definition) is 1. The van der Waals surface area contributed by atoms with Crippen LogP contribution in [-0.4, -0.2) is 65.8 Å². The van der Waals surface area contributed by atoms with Crippen LogP contribution in [0.15, 0.2) is 17.1 Å². The van der Waals surface area contributed by atoms with Crippen LogP contribution in [0.5, 0.6) is 0 Å². The van der Waals surface area contributed by atoms with Gasteiger partial charge in [0.05, 0.1) is 17.4 Å². The SMILES string of the molecule is CCCCCCCCCCCCCCC(=O)O[C@@H]1C(COP(=O)(OCOC(=O)C(C)(C)C)OCOC(=O)C(C)(C)C)OC(n2ccc(N)nc2=O)C1(F)F. The number of phosphoric acid groups is 1. The Morgan fingerprint density at radius 3 is 1.80 bits per heavy atom. The lowest BCUT2D eigenvalue weighted by Gasteiger charge is -2.25. The number of esters is 3. The van der Waals surface area contributed by atoms with Crippen molar-refractivity contribution < 1.29 is 60.2 Å². The fourth-order valence-electron chi connectivity index (χ4n) is 5.16. The third-order valence-corrected chi connectivity index (χ3v) is 9.68. The topological polar surface area (TPSA) is 194 Å². The molecule has 15 nitrogen and oxygen atoms in total. The number of anilines is 1. The molecular formula is C36H60F2N3O12P. The van der Waals surface area contributed by atoms with Gasteiger partial charge in [0.1, 0.15) is 11.9 Å². The Bertz CT molecular complexity index is 1410. The molecule has 0 aromatic carbocycles. The average molecular weight is 796 g/mol. The first-order chi connectivity index (χ1) is 25.2. The number of halogens is 2. The molecule has 0 amide bonds. The van der Waals surface area contributed by atoms with E-state index >= 15 is 8.78 Å². The number of nitrogens with two attached hydrogens (primary N) is 1. The van der Waals surface area contributed by atoms with Crippen LogP contribution in [-0.2, 0) is 51.5 Å². The van der Waals surface area contributed by atoms with E-state index in [0.717, 1.165) is 37.9 Å². The Morgan fingerprint density at radius 1 is 0.852 bits per heavy atom. The predicted molar refractivity (Wildman–Crippen MR) is 194 cm³/mol. The van der Waals surface area contributed by atoms with Gasteiger partial charge in [0.2, 0.25) is 19.8 Å². The molecule has 0 bridgehead atoms. The maximum absolute atomic E-state index is 16.0. The lowest BCUT2D eigenvalue weighted by molar-refractivity contribution is -0.176. The molecule has 0 aliphatic carbocycles. The van der Waals surface area contributed by atoms with E-state index in [9.17, 15) is 23.7 Å². The summed E-state index contributed by atoms with van der Waals surface area (Å²) >= 11 is 0. The minimum Gasteiger partial charge on any atom is -0.453 e. The van der Waals surface area contributed by atoms with Crippen molar-refractivity contribution in [2.45, 2.75) is 156 Å². The number of carbonyl (C=O) groups is 3. The third-order valence-electron chi connectivity index (χ3n) is 8.37. The van der Waals surface area contributed by atoms with Crippen LogP contribution in [0.25, 0.3) is 0 Å². The van der Waals surface area contributed by atoms with E-state index in [0.29, 0.717) is 17.4 Å². The molecule has 1 aliphatic heterocycles. The van der Waals surface area contributed by atoms with Crippen molar-refractivity contribution in [1.29, 1.82) is 0 Å².